The number of aryl methyl sites for hydroxylation is 1. The lowest BCUT2D eigenvalue weighted by molar-refractivity contribution is -0.119. The van der Waals surface area contributed by atoms with Gasteiger partial charge >= 0.3 is 5.97 Å². The molecule has 0 saturated carbocycles. The minimum atomic E-state index is -3.92. The third-order valence-electron chi connectivity index (χ3n) is 3.70. The molecule has 0 bridgehead atoms. The first kappa shape index (κ1) is 21.8. The number of amides is 1. The van der Waals surface area contributed by atoms with Gasteiger partial charge in [0.1, 0.15) is 0 Å². The molecule has 2 rings (SSSR count). The molecule has 0 unspecified atom stereocenters. The van der Waals surface area contributed by atoms with E-state index in [0.29, 0.717) is 15.2 Å². The van der Waals surface area contributed by atoms with Crippen LogP contribution in [0.3, 0.4) is 0 Å². The molecular formula is C18H19ClN2O6S. The molecule has 2 aromatic carbocycles. The van der Waals surface area contributed by atoms with Crippen molar-refractivity contribution in [3.8, 4) is 0 Å². The highest BCUT2D eigenvalue weighted by molar-refractivity contribution is 7.89. The van der Waals surface area contributed by atoms with Crippen LogP contribution in [0.4, 0.5) is 5.69 Å². The number of anilines is 1. The summed E-state index contributed by atoms with van der Waals surface area (Å²) in [5.41, 5.74) is 1.30. The van der Waals surface area contributed by atoms with E-state index in [-0.39, 0.29) is 10.5 Å². The normalized spacial score (nSPS) is 11.3. The highest BCUT2D eigenvalue weighted by atomic mass is 35.5. The third kappa shape index (κ3) is 5.29. The Bertz CT molecular complexity index is 993. The first-order valence-electron chi connectivity index (χ1n) is 8.01. The van der Waals surface area contributed by atoms with Gasteiger partial charge in [-0.2, -0.15) is 0 Å². The van der Waals surface area contributed by atoms with Gasteiger partial charge in [0.15, 0.2) is 6.61 Å². The van der Waals surface area contributed by atoms with E-state index in [1.807, 2.05) is 6.92 Å². The maximum absolute atomic E-state index is 12.2. The van der Waals surface area contributed by atoms with Crippen molar-refractivity contribution in [3.63, 3.8) is 0 Å². The molecule has 0 aliphatic carbocycles. The number of halogens is 1. The number of hydroxylamine groups is 1. The molecule has 0 aromatic heterocycles. The van der Waals surface area contributed by atoms with E-state index in [1.54, 1.807) is 18.2 Å². The molecule has 0 atom stereocenters. The minimum absolute atomic E-state index is 0.0215. The van der Waals surface area contributed by atoms with Gasteiger partial charge in [-0.25, -0.2) is 13.2 Å². The fourth-order valence-electron chi connectivity index (χ4n) is 2.15. The zero-order chi connectivity index (χ0) is 20.9. The van der Waals surface area contributed by atoms with Gasteiger partial charge in [0.2, 0.25) is 0 Å². The van der Waals surface area contributed by atoms with E-state index in [1.165, 1.54) is 32.4 Å². The van der Waals surface area contributed by atoms with Gasteiger partial charge in [-0.1, -0.05) is 28.2 Å². The quantitative estimate of drug-likeness (QED) is 0.539. The summed E-state index contributed by atoms with van der Waals surface area (Å²) < 4.78 is 30.1. The largest absolute Gasteiger partial charge is 0.452 e. The lowest BCUT2D eigenvalue weighted by atomic mass is 10.2. The molecule has 0 heterocycles. The summed E-state index contributed by atoms with van der Waals surface area (Å²) in [7, 11) is -1.49. The second-order valence-corrected chi connectivity index (χ2v) is 8.08. The van der Waals surface area contributed by atoms with E-state index in [2.05, 4.69) is 10.2 Å². The maximum Gasteiger partial charge on any atom is 0.338 e. The van der Waals surface area contributed by atoms with Crippen molar-refractivity contribution in [1.82, 2.24) is 4.47 Å². The number of nitrogens with zero attached hydrogens (tertiary/aromatic N) is 1. The second-order valence-electron chi connectivity index (χ2n) is 5.73. The van der Waals surface area contributed by atoms with E-state index >= 15 is 0 Å². The van der Waals surface area contributed by atoms with Crippen molar-refractivity contribution >= 4 is 39.2 Å². The number of carbonyl (C=O) groups excluding carboxylic acids is 2. The Hall–Kier alpha value is -2.46. The smallest absolute Gasteiger partial charge is 0.338 e. The highest BCUT2D eigenvalue weighted by Crippen LogP contribution is 2.22. The number of benzene rings is 2. The van der Waals surface area contributed by atoms with Crippen molar-refractivity contribution in [1.29, 1.82) is 0 Å². The van der Waals surface area contributed by atoms with Gasteiger partial charge in [0.05, 0.1) is 28.3 Å². The molecule has 28 heavy (non-hydrogen) atoms. The van der Waals surface area contributed by atoms with Crippen LogP contribution in [0.2, 0.25) is 5.02 Å². The number of hydrogen-bond donors (Lipinski definition) is 1. The van der Waals surface area contributed by atoms with Gasteiger partial charge in [-0.05, 0) is 42.8 Å². The number of ether oxygens (including phenoxy) is 1. The Morgan fingerprint density at radius 3 is 2.54 bits per heavy atom. The van der Waals surface area contributed by atoms with Crippen molar-refractivity contribution in [2.45, 2.75) is 11.8 Å². The summed E-state index contributed by atoms with van der Waals surface area (Å²) in [6.07, 6.45) is 0. The molecule has 0 spiro atoms. The van der Waals surface area contributed by atoms with Crippen LogP contribution in [-0.2, 0) is 24.4 Å². The molecule has 0 aliphatic heterocycles. The van der Waals surface area contributed by atoms with Gasteiger partial charge in [-0.3, -0.25) is 9.63 Å². The first-order chi connectivity index (χ1) is 13.1. The Labute approximate surface area is 168 Å². The number of sulfonamides is 1. The van der Waals surface area contributed by atoms with Crippen molar-refractivity contribution in [3.05, 3.63) is 58.6 Å². The SMILES string of the molecule is CON(C)S(=O)(=O)c1cccc(C(=O)OCC(=O)Nc2ccc(C)cc2Cl)c1. The Kier molecular flexibility index (Phi) is 7.14. The maximum atomic E-state index is 12.2. The Morgan fingerprint density at radius 1 is 1.18 bits per heavy atom. The third-order valence-corrected chi connectivity index (χ3v) is 5.68. The Balaban J connectivity index is 2.03. The number of carbonyl (C=O) groups is 2. The van der Waals surface area contributed by atoms with Crippen LogP contribution in [0.5, 0.6) is 0 Å². The second kappa shape index (κ2) is 9.16. The lowest BCUT2D eigenvalue weighted by Crippen LogP contribution is -2.26. The van der Waals surface area contributed by atoms with E-state index in [4.69, 9.17) is 16.3 Å². The van der Waals surface area contributed by atoms with Gasteiger partial charge < -0.3 is 10.1 Å². The number of hydrogen-bond acceptors (Lipinski definition) is 6. The standard InChI is InChI=1S/C18H19ClN2O6S/c1-12-7-8-16(15(19)9-12)20-17(22)11-27-18(23)13-5-4-6-14(10-13)28(24,25)21(2)26-3/h4-10H,11H2,1-3H3,(H,20,22). The number of nitrogens with one attached hydrogen (secondary N) is 1. The topological polar surface area (TPSA) is 102 Å². The van der Waals surface area contributed by atoms with Gasteiger partial charge in [-0.15, -0.1) is 0 Å². The molecule has 0 saturated heterocycles. The van der Waals surface area contributed by atoms with E-state index < -0.39 is 28.5 Å². The summed E-state index contributed by atoms with van der Waals surface area (Å²) in [4.78, 5) is 28.7. The van der Waals surface area contributed by atoms with E-state index in [0.717, 1.165) is 11.6 Å². The number of rotatable bonds is 7. The van der Waals surface area contributed by atoms with E-state index in [9.17, 15) is 18.0 Å². The van der Waals surface area contributed by atoms with Crippen LogP contribution in [-0.4, -0.2) is 45.5 Å². The fourth-order valence-corrected chi connectivity index (χ4v) is 3.45. The predicted molar refractivity (Wildman–Crippen MR) is 104 cm³/mol. The van der Waals surface area contributed by atoms with Crippen LogP contribution >= 0.6 is 11.6 Å². The summed E-state index contributed by atoms with van der Waals surface area (Å²) in [6.45, 7) is 1.30. The molecule has 1 amide bonds. The summed E-state index contributed by atoms with van der Waals surface area (Å²) >= 11 is 6.04. The van der Waals surface area contributed by atoms with Crippen LogP contribution in [0.25, 0.3) is 0 Å². The monoisotopic (exact) mass is 426 g/mol. The summed E-state index contributed by atoms with van der Waals surface area (Å²) in [5.74, 6) is -1.43. The zero-order valence-corrected chi connectivity index (χ0v) is 17.0. The van der Waals surface area contributed by atoms with Crippen molar-refractivity contribution in [2.24, 2.45) is 0 Å². The minimum Gasteiger partial charge on any atom is -0.452 e. The van der Waals surface area contributed by atoms with Crippen LogP contribution in [0.1, 0.15) is 15.9 Å². The van der Waals surface area contributed by atoms with Crippen molar-refractivity contribution in [2.75, 3.05) is 26.1 Å². The highest BCUT2D eigenvalue weighted by Gasteiger charge is 2.22. The van der Waals surface area contributed by atoms with Crippen molar-refractivity contribution < 1.29 is 27.6 Å². The lowest BCUT2D eigenvalue weighted by Gasteiger charge is -2.14. The van der Waals surface area contributed by atoms with Crippen LogP contribution in [0.15, 0.2) is 47.4 Å². The fraction of sp³-hybridized carbons (Fsp3) is 0.222. The molecule has 0 aliphatic rings. The Morgan fingerprint density at radius 2 is 1.89 bits per heavy atom. The summed E-state index contributed by atoms with van der Waals surface area (Å²) in [6, 6.07) is 10.3. The molecule has 2 aromatic rings. The molecular weight excluding hydrogens is 408 g/mol. The predicted octanol–water partition coefficient (Wildman–Crippen LogP) is 2.63. The number of esters is 1. The molecule has 150 valence electrons. The molecule has 8 nitrogen and oxygen atoms in total. The molecule has 1 N–H and O–H groups in total. The average molecular weight is 427 g/mol. The molecule has 0 fully saturated rings. The van der Waals surface area contributed by atoms with Crippen LogP contribution in [0, 0.1) is 6.92 Å². The zero-order valence-electron chi connectivity index (χ0n) is 15.4. The van der Waals surface area contributed by atoms with Gasteiger partial charge in [0, 0.05) is 7.05 Å². The molecule has 0 radical (unpaired) electrons. The average Bonchev–Trinajstić information content (AvgIpc) is 2.67. The first-order valence-corrected chi connectivity index (χ1v) is 9.83. The summed E-state index contributed by atoms with van der Waals surface area (Å²) in [5, 5.41) is 2.90. The molecule has 10 heteroatoms. The van der Waals surface area contributed by atoms with Crippen LogP contribution < -0.4 is 5.32 Å². The van der Waals surface area contributed by atoms with Gasteiger partial charge in [0.25, 0.3) is 15.9 Å².